The molecule has 0 aromatic heterocycles. The van der Waals surface area contributed by atoms with E-state index in [0.717, 1.165) is 5.69 Å². The SMILES string of the molecule is C[N+](C)(C)c1ccccc1OC(=O)c1ccccc1. The normalized spacial score (nSPS) is 11.1. The number of rotatable bonds is 3. The Morgan fingerprint density at radius 3 is 2.11 bits per heavy atom. The van der Waals surface area contributed by atoms with E-state index >= 15 is 0 Å². The third kappa shape index (κ3) is 3.20. The molecule has 19 heavy (non-hydrogen) atoms. The lowest BCUT2D eigenvalue weighted by Crippen LogP contribution is -2.35. The van der Waals surface area contributed by atoms with E-state index < -0.39 is 0 Å². The van der Waals surface area contributed by atoms with Gasteiger partial charge in [0.15, 0.2) is 11.4 Å². The van der Waals surface area contributed by atoms with Gasteiger partial charge in [-0.25, -0.2) is 4.79 Å². The summed E-state index contributed by atoms with van der Waals surface area (Å²) in [5, 5.41) is 0. The number of benzene rings is 2. The number of para-hydroxylation sites is 2. The molecule has 0 aliphatic carbocycles. The van der Waals surface area contributed by atoms with Gasteiger partial charge in [0.05, 0.1) is 26.7 Å². The molecule has 0 aliphatic rings. The Hall–Kier alpha value is -2.13. The standard InChI is InChI=1S/C16H18NO2/c1-17(2,3)14-11-7-8-12-15(14)19-16(18)13-9-5-4-6-10-13/h4-12H,1-3H3/q+1. The van der Waals surface area contributed by atoms with E-state index in [-0.39, 0.29) is 5.97 Å². The second-order valence-electron chi connectivity index (χ2n) is 5.24. The van der Waals surface area contributed by atoms with Crippen molar-refractivity contribution in [3.63, 3.8) is 0 Å². The first-order valence-electron chi connectivity index (χ1n) is 6.17. The minimum Gasteiger partial charge on any atom is -0.417 e. The van der Waals surface area contributed by atoms with E-state index in [1.807, 2.05) is 63.6 Å². The van der Waals surface area contributed by atoms with Crippen LogP contribution in [-0.4, -0.2) is 27.1 Å². The summed E-state index contributed by atoms with van der Waals surface area (Å²) < 4.78 is 6.10. The van der Waals surface area contributed by atoms with Gasteiger partial charge in [-0.05, 0) is 18.2 Å². The molecule has 0 bridgehead atoms. The van der Waals surface area contributed by atoms with Gasteiger partial charge in [0, 0.05) is 6.07 Å². The predicted molar refractivity (Wildman–Crippen MR) is 77.4 cm³/mol. The third-order valence-corrected chi connectivity index (χ3v) is 2.80. The van der Waals surface area contributed by atoms with Crippen molar-refractivity contribution in [1.29, 1.82) is 0 Å². The number of hydrogen-bond acceptors (Lipinski definition) is 2. The lowest BCUT2D eigenvalue weighted by Gasteiger charge is -2.25. The topological polar surface area (TPSA) is 26.3 Å². The molecule has 0 atom stereocenters. The van der Waals surface area contributed by atoms with Gasteiger partial charge in [-0.15, -0.1) is 0 Å². The van der Waals surface area contributed by atoms with E-state index in [0.29, 0.717) is 15.8 Å². The Morgan fingerprint density at radius 1 is 0.895 bits per heavy atom. The molecule has 0 N–H and O–H groups in total. The summed E-state index contributed by atoms with van der Waals surface area (Å²) in [5.41, 5.74) is 1.52. The minimum absolute atomic E-state index is 0.332. The van der Waals surface area contributed by atoms with Gasteiger partial charge in [-0.3, -0.25) is 4.48 Å². The van der Waals surface area contributed by atoms with Gasteiger partial charge < -0.3 is 4.74 Å². The van der Waals surface area contributed by atoms with Crippen LogP contribution in [0, 0.1) is 0 Å². The third-order valence-electron chi connectivity index (χ3n) is 2.80. The molecule has 0 amide bonds. The molecule has 3 heteroatoms. The predicted octanol–water partition coefficient (Wildman–Crippen LogP) is 3.10. The summed E-state index contributed by atoms with van der Waals surface area (Å²) in [6.45, 7) is 0. The zero-order valence-electron chi connectivity index (χ0n) is 11.5. The molecular formula is C16H18NO2+. The molecule has 2 aromatic rings. The second kappa shape index (κ2) is 5.24. The van der Waals surface area contributed by atoms with Crippen molar-refractivity contribution < 1.29 is 9.53 Å². The van der Waals surface area contributed by atoms with Gasteiger partial charge in [-0.1, -0.05) is 30.3 Å². The lowest BCUT2D eigenvalue weighted by molar-refractivity contribution is 0.0733. The first kappa shape index (κ1) is 13.3. The molecule has 2 rings (SSSR count). The van der Waals surface area contributed by atoms with Crippen LogP contribution in [-0.2, 0) is 0 Å². The molecule has 0 heterocycles. The Kier molecular flexibility index (Phi) is 3.67. The number of ether oxygens (including phenoxy) is 1. The van der Waals surface area contributed by atoms with Crippen molar-refractivity contribution in [2.24, 2.45) is 0 Å². The van der Waals surface area contributed by atoms with Crippen molar-refractivity contribution in [3.8, 4) is 5.75 Å². The molecule has 3 nitrogen and oxygen atoms in total. The van der Waals surface area contributed by atoms with Crippen LogP contribution in [0.15, 0.2) is 54.6 Å². The van der Waals surface area contributed by atoms with Crippen molar-refractivity contribution >= 4 is 11.7 Å². The molecule has 0 saturated carbocycles. The second-order valence-corrected chi connectivity index (χ2v) is 5.24. The van der Waals surface area contributed by atoms with Gasteiger partial charge in [0.1, 0.15) is 0 Å². The van der Waals surface area contributed by atoms with Gasteiger partial charge in [0.2, 0.25) is 0 Å². The molecule has 0 radical (unpaired) electrons. The van der Waals surface area contributed by atoms with Crippen molar-refractivity contribution in [1.82, 2.24) is 4.48 Å². The summed E-state index contributed by atoms with van der Waals surface area (Å²) >= 11 is 0. The van der Waals surface area contributed by atoms with Crippen LogP contribution < -0.4 is 9.22 Å². The highest BCUT2D eigenvalue weighted by Gasteiger charge is 2.20. The van der Waals surface area contributed by atoms with E-state index in [9.17, 15) is 4.79 Å². The zero-order valence-corrected chi connectivity index (χ0v) is 11.5. The fourth-order valence-corrected chi connectivity index (χ4v) is 1.83. The number of esters is 1. The van der Waals surface area contributed by atoms with E-state index in [1.54, 1.807) is 12.1 Å². The molecule has 0 aliphatic heterocycles. The maximum absolute atomic E-state index is 12.1. The highest BCUT2D eigenvalue weighted by atomic mass is 16.5. The number of quaternary nitrogens is 1. The molecular weight excluding hydrogens is 238 g/mol. The van der Waals surface area contributed by atoms with Crippen LogP contribution in [0.3, 0.4) is 0 Å². The average Bonchev–Trinajstić information content (AvgIpc) is 2.39. The van der Waals surface area contributed by atoms with Gasteiger partial charge in [0.25, 0.3) is 0 Å². The number of carbonyl (C=O) groups excluding carboxylic acids is 1. The highest BCUT2D eigenvalue weighted by Crippen LogP contribution is 2.30. The molecule has 0 fully saturated rings. The fraction of sp³-hybridized carbons (Fsp3) is 0.188. The molecule has 98 valence electrons. The maximum Gasteiger partial charge on any atom is 0.343 e. The number of nitrogens with zero attached hydrogens (tertiary/aromatic N) is 1. The molecule has 0 spiro atoms. The Labute approximate surface area is 113 Å². The average molecular weight is 256 g/mol. The summed E-state index contributed by atoms with van der Waals surface area (Å²) in [6, 6.07) is 16.6. The Balaban J connectivity index is 2.28. The minimum atomic E-state index is -0.332. The van der Waals surface area contributed by atoms with Crippen LogP contribution in [0.1, 0.15) is 10.4 Å². The largest absolute Gasteiger partial charge is 0.417 e. The van der Waals surface area contributed by atoms with Gasteiger partial charge >= 0.3 is 5.97 Å². The first-order chi connectivity index (χ1) is 8.98. The Bertz CT molecular complexity index is 571. The zero-order chi connectivity index (χ0) is 13.9. The van der Waals surface area contributed by atoms with Crippen LogP contribution in [0.25, 0.3) is 0 Å². The highest BCUT2D eigenvalue weighted by molar-refractivity contribution is 5.91. The summed E-state index contributed by atoms with van der Waals surface area (Å²) in [6.07, 6.45) is 0. The van der Waals surface area contributed by atoms with Gasteiger partial charge in [-0.2, -0.15) is 0 Å². The van der Waals surface area contributed by atoms with Crippen molar-refractivity contribution in [2.75, 3.05) is 21.1 Å². The number of hydrogen-bond donors (Lipinski definition) is 0. The molecule has 0 unspecified atom stereocenters. The fourth-order valence-electron chi connectivity index (χ4n) is 1.83. The van der Waals surface area contributed by atoms with E-state index in [1.165, 1.54) is 0 Å². The summed E-state index contributed by atoms with van der Waals surface area (Å²) in [7, 11) is 6.11. The Morgan fingerprint density at radius 2 is 1.47 bits per heavy atom. The van der Waals surface area contributed by atoms with Crippen molar-refractivity contribution in [2.45, 2.75) is 0 Å². The first-order valence-corrected chi connectivity index (χ1v) is 6.17. The molecule has 0 saturated heterocycles. The molecule has 2 aromatic carbocycles. The monoisotopic (exact) mass is 256 g/mol. The quantitative estimate of drug-likeness (QED) is 0.479. The summed E-state index contributed by atoms with van der Waals surface area (Å²) in [4.78, 5) is 12.1. The van der Waals surface area contributed by atoms with Crippen LogP contribution in [0.2, 0.25) is 0 Å². The van der Waals surface area contributed by atoms with Crippen LogP contribution in [0.5, 0.6) is 5.75 Å². The van der Waals surface area contributed by atoms with E-state index in [4.69, 9.17) is 4.74 Å². The van der Waals surface area contributed by atoms with E-state index in [2.05, 4.69) is 0 Å². The smallest absolute Gasteiger partial charge is 0.343 e. The lowest BCUT2D eigenvalue weighted by atomic mass is 10.2. The maximum atomic E-state index is 12.1. The number of carbonyl (C=O) groups is 1. The van der Waals surface area contributed by atoms with Crippen LogP contribution in [0.4, 0.5) is 5.69 Å². The summed E-state index contributed by atoms with van der Waals surface area (Å²) in [5.74, 6) is 0.269. The van der Waals surface area contributed by atoms with Crippen LogP contribution >= 0.6 is 0 Å². The van der Waals surface area contributed by atoms with Crippen molar-refractivity contribution in [3.05, 3.63) is 60.2 Å².